The van der Waals surface area contributed by atoms with Crippen LogP contribution in [-0.4, -0.2) is 393 Å². The lowest BCUT2D eigenvalue weighted by Gasteiger charge is -2.23. The van der Waals surface area contributed by atoms with Crippen molar-refractivity contribution in [3.8, 4) is 277 Å². The lowest BCUT2D eigenvalue weighted by Crippen LogP contribution is -2.62. The quantitative estimate of drug-likeness (QED) is 0.136. The topological polar surface area (TPSA) is 0 Å². The molecule has 0 N–H and O–H groups in total. The average molecular weight is 1460 g/mol. The minimum Gasteiger partial charge on any atom is -0.124 e. The Balaban J connectivity index is -0.0000000165. The molecule has 0 aromatic rings. The molecule has 0 bridgehead atoms. The Kier molecular flexibility index (Phi) is 154. The highest BCUT2D eigenvalue weighted by molar-refractivity contribution is 8.00. The van der Waals surface area contributed by atoms with E-state index in [2.05, 4.69) is 287 Å². The highest BCUT2D eigenvalue weighted by atomic mass is 13.5. The van der Waals surface area contributed by atoms with E-state index in [0.717, 1.165) is 7.06 Å². The molecule has 54 heteroatoms. The second kappa shape index (κ2) is 173. The molecule has 0 saturated carbocycles. The molecule has 0 fully saturated rings. The minimum atomic E-state index is -0.667. The van der Waals surface area contributed by atoms with Crippen molar-refractivity contribution in [2.24, 2.45) is 0 Å². The van der Waals surface area contributed by atoms with Crippen LogP contribution >= 0.6 is 0 Å². The molecule has 0 rings (SSSR count). The molecule has 0 heterocycles. The molecule has 0 aliphatic heterocycles. The van der Waals surface area contributed by atoms with Crippen LogP contribution in [-0.2, 0) is 0 Å². The van der Waals surface area contributed by atoms with Gasteiger partial charge in [0.25, 0.3) is 0 Å². The number of hydrogen-bond donors (Lipinski definition) is 0. The third kappa shape index (κ3) is 280. The molecule has 0 aliphatic carbocycles. The maximum Gasteiger partial charge on any atom is 0 e. The van der Waals surface area contributed by atoms with Crippen LogP contribution in [0.15, 0.2) is 0 Å². The van der Waals surface area contributed by atoms with Crippen molar-refractivity contribution in [3.63, 3.8) is 0 Å². The van der Waals surface area contributed by atoms with Crippen molar-refractivity contribution in [3.05, 3.63) is 0 Å². The first kappa shape index (κ1) is 101. The number of terminal acetylenes is 9. The van der Waals surface area contributed by atoms with Crippen molar-refractivity contribution in [2.75, 3.05) is 0 Å². The van der Waals surface area contributed by atoms with Crippen LogP contribution in [0.25, 0.3) is 0 Å². The van der Waals surface area contributed by atoms with Gasteiger partial charge in [-0.15, -0.1) is 82.0 Å². The molecule has 510 valence electrons. The smallest absolute Gasteiger partial charge is 0 e. The molecule has 72 radical (unpaired) electrons. The van der Waals surface area contributed by atoms with Gasteiger partial charge in [-0.1, -0.05) is 66.7 Å². The molecular formula is C59H112B54. The normalized spacial score (nSPS) is 6.78. The summed E-state index contributed by atoms with van der Waals surface area (Å²) in [6, 6.07) is 0. The fourth-order valence-corrected chi connectivity index (χ4v) is 2.52. The Morgan fingerprint density at radius 2 is 0.416 bits per heavy atom. The maximum atomic E-state index is 5.30. The van der Waals surface area contributed by atoms with Crippen LogP contribution in [0.3, 0.4) is 0 Å². The van der Waals surface area contributed by atoms with Gasteiger partial charge >= 0.3 is 0 Å². The van der Waals surface area contributed by atoms with Crippen LogP contribution in [0.5, 0.6) is 0 Å². The molecule has 0 unspecified atom stereocenters. The van der Waals surface area contributed by atoms with Gasteiger partial charge in [0.15, 0.2) is 0 Å². The summed E-state index contributed by atoms with van der Waals surface area (Å²) < 4.78 is 250. The Morgan fingerprint density at radius 3 is 0.478 bits per heavy atom. The lowest BCUT2D eigenvalue weighted by atomic mass is 8.58. The summed E-state index contributed by atoms with van der Waals surface area (Å²) in [6.45, 7) is 13.9. The van der Waals surface area contributed by atoms with Crippen molar-refractivity contribution in [1.29, 1.82) is 0 Å². The van der Waals surface area contributed by atoms with E-state index in [9.17, 15) is 0 Å². The lowest BCUT2D eigenvalue weighted by molar-refractivity contribution is 1.83. The van der Waals surface area contributed by atoms with Gasteiger partial charge in [0.1, 0.15) is 0 Å². The molecule has 0 aliphatic rings. The van der Waals surface area contributed by atoms with E-state index in [-0.39, 0.29) is 55.6 Å². The number of rotatable bonds is 12. The first-order valence-electron chi connectivity index (χ1n) is 53.6. The molecular weight excluding hydrogens is 1290 g/mol. The minimum absolute atomic E-state index is 0. The van der Waals surface area contributed by atoms with Gasteiger partial charge in [0.05, 0.1) is 0 Å². The maximum absolute atomic E-state index is 5.30. The van der Waals surface area contributed by atoms with E-state index in [1.165, 1.54) is 21.2 Å². The van der Waals surface area contributed by atoms with Crippen LogP contribution in [0.1, 0.15) is 172 Å². The molecule has 0 spiro atoms. The monoisotopic (exact) mass is 1470 g/mol. The highest BCUT2D eigenvalue weighted by Gasteiger charge is 2.24. The largest absolute Gasteiger partial charge is 0.124 e. The van der Waals surface area contributed by atoms with E-state index in [1.807, 2.05) is 13.8 Å². The third-order valence-corrected chi connectivity index (χ3v) is 6.98. The summed E-state index contributed by atoms with van der Waals surface area (Å²) >= 11 is 0. The van der Waals surface area contributed by atoms with Crippen molar-refractivity contribution < 1.29 is 79.9 Å². The molecule has 0 amide bonds. The fraction of sp³-hybridized carbons (Fsp3) is 0.220. The molecule has 113 heavy (non-hydrogen) atoms. The van der Waals surface area contributed by atoms with E-state index in [4.69, 9.17) is 328 Å². The average Bonchev–Trinajstić information content (AvgIpc) is 0.910. The summed E-state index contributed by atoms with van der Waals surface area (Å²) in [4.78, 5) is 0. The van der Waals surface area contributed by atoms with Crippen LogP contribution in [0.2, 0.25) is 0 Å². The zero-order valence-electron chi connectivity index (χ0n) is 113. The first-order chi connectivity index (χ1) is 75.7. The summed E-state index contributed by atoms with van der Waals surface area (Å²) in [5.41, 5.74) is 0. The number of hydrogen-bond acceptors (Lipinski definition) is 0. The Bertz CT molecular complexity index is 3420. The van der Waals surface area contributed by atoms with Crippen LogP contribution in [0.4, 0.5) is 0 Å². The third-order valence-electron chi connectivity index (χ3n) is 6.98. The van der Waals surface area contributed by atoms with E-state index >= 15 is 0 Å². The molecule has 0 aromatic carbocycles. The van der Waals surface area contributed by atoms with Crippen molar-refractivity contribution >= 4 is 393 Å². The van der Waals surface area contributed by atoms with Gasteiger partial charge < -0.3 is 0 Å². The summed E-state index contributed by atoms with van der Waals surface area (Å²) in [5, 5.41) is 0. The Morgan fingerprint density at radius 1 is 0.248 bits per heavy atom. The zero-order chi connectivity index (χ0) is 140. The second-order valence-corrected chi connectivity index (χ2v) is 15.7. The van der Waals surface area contributed by atoms with Gasteiger partial charge in [-0.05, 0) is 221 Å². The van der Waals surface area contributed by atoms with E-state index in [1.54, 1.807) is 41.5 Å². The molecule has 0 saturated heterocycles. The molecule has 0 nitrogen and oxygen atoms in total. The molecule has 0 atom stereocenters. The standard InChI is InChI=1S/C10H2.C9H4.C8H6.C7H4.C6H2.C5H4.C4H6.C3H4.C2H2.5CH4.B10.B9.B8.B7.B6.B5.B4.B3.B2.29H2/c1-3-5-7-9-10-8-6-4-2;1-3-5-7-9-8-6-4-2;1-3-5-7-8-6-4-2;1-3-5-7-6-4-2;1-3-5-6-4-2;1-3-5-4-2;1-3-4-2;1-3-2;1-2;;;;;;1-7(2)10(8(3)4)9(5)6;1-6-9(7(2)3)8(4)5;1-6(2)8(5)7(3)4;1-5-7(4)6(2)3;1-5(2)6(3)4;1-4-5(2)3;1-4(2)3;1-3-2;1-2;;;;;;;;;;;;;;;;;;;;;;;;;;;;;/h1-2H;1H,2H3;1-2H3;1H,2H3;1-2H;1H,2H3;1-2H3;1H,2H3;1-2H;5*1H4;;;;;;;;;;29*1H/i;;;;;;;;;;;;;;;;;;;;;;;25*1+1D;4*1+1. The highest BCUT2D eigenvalue weighted by Crippen LogP contribution is 1.87. The predicted molar refractivity (Wildman–Crippen MR) is 640 cm³/mol. The first-order valence-corrected chi connectivity index (χ1v) is 28.6. The summed E-state index contributed by atoms with van der Waals surface area (Å²) in [5.74, 6) is 86.2. The van der Waals surface area contributed by atoms with Gasteiger partial charge in [-0.3, -0.25) is 0 Å². The SMILES string of the molecule is C.C.C.C.C.C#C.C#CC.C#CC#CC.C#CC#CC#C.C#CC#CC#CC.C#CC#CC#CC#CC.C#CC#CC#CC#CC#C.CC#CC.CC#CC#CC#CC.[2HH].[2HH].[2HH].[2HH].[2H][2H].[2H][2H].[2H][2H].[2H][2H].[2H][2H].[2H][2H].[2H][2H].[2H][2H].[2H][2H].[2H][2H].[2H][2H].[2H][2H].[2H][2H].[2H][2H].[2H][2H].[2H][2H].[2H][2H].[2H][2H].[2H][2H].[2H][2H].[2H][2H].[2H][2H].[2H][2H].[2H][2H].[2H][2H].[B]B([B])B(B([B])[B])B([B])[B].[B]B([B])B([B])B([B])[B].[B]B([B])B([B])[B].[B]B([B])[B].[B][B].[B][B]B(B([B])[B])B([B])[B].[B][B]B([B])B([B])[B].[B][B]B([B])[B].[B][B][B]. The van der Waals surface area contributed by atoms with Crippen LogP contribution in [0, 0.1) is 277 Å². The van der Waals surface area contributed by atoms with Gasteiger partial charge in [-0.25, -0.2) is 0 Å². The Labute approximate surface area is 840 Å². The van der Waals surface area contributed by atoms with E-state index < -0.39 is 89.4 Å². The zero-order valence-corrected chi connectivity index (χ0v) is 63.0. The van der Waals surface area contributed by atoms with Crippen LogP contribution < -0.4 is 0 Å². The van der Waals surface area contributed by atoms with Crippen molar-refractivity contribution in [2.45, 2.75) is 92.5 Å². The van der Waals surface area contributed by atoms with Gasteiger partial charge in [0, 0.05) is 473 Å². The van der Waals surface area contributed by atoms with Gasteiger partial charge in [-0.2, -0.15) is 0 Å². The summed E-state index contributed by atoms with van der Waals surface area (Å²) in [6.07, 6.45) is 37.0. The second-order valence-electron chi connectivity index (χ2n) is 15.7. The summed E-state index contributed by atoms with van der Waals surface area (Å²) in [7, 11) is 174. The van der Waals surface area contributed by atoms with Crippen molar-refractivity contribution in [1.82, 2.24) is 0 Å². The molecule has 0 aromatic heterocycles. The Hall–Kier alpha value is -6.61. The van der Waals surface area contributed by atoms with Gasteiger partial charge in [0.2, 0.25) is 0 Å². The fourth-order valence-electron chi connectivity index (χ4n) is 2.52. The predicted octanol–water partition coefficient (Wildman–Crippen LogP) is -4.84. The van der Waals surface area contributed by atoms with E-state index in [0.29, 0.717) is 0 Å².